The van der Waals surface area contributed by atoms with Crippen LogP contribution in [-0.2, 0) is 14.8 Å². The second-order valence-electron chi connectivity index (χ2n) is 0.459. The maximum atomic E-state index is 7.56. The Kier molecular flexibility index (Phi) is 4.49. The van der Waals surface area contributed by atoms with Crippen molar-refractivity contribution < 1.29 is 14.8 Å². The van der Waals surface area contributed by atoms with E-state index in [0.29, 0.717) is 0 Å². The third kappa shape index (κ3) is 5.13. The number of nitriles is 1. The maximum Gasteiger partial charge on any atom is 0.327 e. The lowest BCUT2D eigenvalue weighted by Gasteiger charge is -1.90. The van der Waals surface area contributed by atoms with Crippen LogP contribution in [0.5, 0.6) is 0 Å². The first-order valence-electron chi connectivity index (χ1n) is 1.24. The van der Waals surface area contributed by atoms with E-state index < -0.39 is 0 Å². The molecule has 40 valence electrons. The first-order valence-corrected chi connectivity index (χ1v) is 1.24. The molecule has 0 aliphatic carbocycles. The quantitative estimate of drug-likeness (QED) is 0.201. The number of rotatable bonds is 3. The van der Waals surface area contributed by atoms with E-state index in [-0.39, 0.29) is 0 Å². The lowest BCUT2D eigenvalue weighted by atomic mass is 11.6. The molecular weight excluding hydrogens is 102 g/mol. The molecule has 0 radical (unpaired) electrons. The molecular formula is CH3N3O3. The third-order valence-corrected chi connectivity index (χ3v) is 0.161. The molecule has 0 aromatic carbocycles. The summed E-state index contributed by atoms with van der Waals surface area (Å²) in [7, 11) is 0. The van der Waals surface area contributed by atoms with Crippen LogP contribution < -0.4 is 11.5 Å². The average molecular weight is 105 g/mol. The summed E-state index contributed by atoms with van der Waals surface area (Å²) in [6.45, 7) is 0. The Morgan fingerprint density at radius 2 is 2.43 bits per heavy atom. The largest absolute Gasteiger partial charge is 0.327 e. The van der Waals surface area contributed by atoms with E-state index in [9.17, 15) is 0 Å². The molecule has 0 saturated heterocycles. The van der Waals surface area contributed by atoms with Crippen LogP contribution in [0.4, 0.5) is 0 Å². The molecule has 0 spiro atoms. The summed E-state index contributed by atoms with van der Waals surface area (Å²) in [4.78, 5) is 10.8. The number of hydrogen-bond acceptors (Lipinski definition) is 6. The Balaban J connectivity index is 2.60. The van der Waals surface area contributed by atoms with E-state index in [0.717, 1.165) is 0 Å². The number of nitrogens with one attached hydrogen (secondary N) is 1. The lowest BCUT2D eigenvalue weighted by Crippen LogP contribution is -2.18. The fourth-order valence-electron chi connectivity index (χ4n) is 0.0553. The summed E-state index contributed by atoms with van der Waals surface area (Å²) in [5.41, 5.74) is 1.58. The number of hydrogen-bond donors (Lipinski definition) is 2. The highest BCUT2D eigenvalue weighted by Gasteiger charge is 1.75. The van der Waals surface area contributed by atoms with Crippen LogP contribution in [0.2, 0.25) is 0 Å². The highest BCUT2D eigenvalue weighted by atomic mass is 17.3. The fourth-order valence-corrected chi connectivity index (χ4v) is 0.0553. The van der Waals surface area contributed by atoms with E-state index in [4.69, 9.17) is 5.26 Å². The zero-order valence-electron chi connectivity index (χ0n) is 3.25. The Labute approximate surface area is 39.2 Å². The second-order valence-corrected chi connectivity index (χ2v) is 0.459. The van der Waals surface area contributed by atoms with Crippen molar-refractivity contribution in [3.8, 4) is 6.26 Å². The van der Waals surface area contributed by atoms with Crippen molar-refractivity contribution in [3.63, 3.8) is 0 Å². The molecule has 3 N–H and O–H groups in total. The first-order chi connectivity index (χ1) is 3.41. The van der Waals surface area contributed by atoms with Crippen LogP contribution in [0, 0.1) is 11.5 Å². The smallest absolute Gasteiger partial charge is 0.233 e. The van der Waals surface area contributed by atoms with Crippen LogP contribution in [0.1, 0.15) is 0 Å². The van der Waals surface area contributed by atoms with E-state index in [1.165, 1.54) is 6.26 Å². The van der Waals surface area contributed by atoms with Gasteiger partial charge in [-0.1, -0.05) is 4.99 Å². The summed E-state index contributed by atoms with van der Waals surface area (Å²) in [5.74, 6) is 4.34. The molecule has 0 fully saturated rings. The summed E-state index contributed by atoms with van der Waals surface area (Å²) in [6, 6.07) is 0. The van der Waals surface area contributed by atoms with Crippen molar-refractivity contribution in [2.45, 2.75) is 0 Å². The molecule has 7 heavy (non-hydrogen) atoms. The Morgan fingerprint density at radius 3 is 2.86 bits per heavy atom. The third-order valence-electron chi connectivity index (χ3n) is 0.161. The van der Waals surface area contributed by atoms with Gasteiger partial charge in [0.05, 0.1) is 0 Å². The molecule has 0 heterocycles. The predicted octanol–water partition coefficient (Wildman–Crippen LogP) is -1.27. The van der Waals surface area contributed by atoms with Gasteiger partial charge in [0, 0.05) is 0 Å². The van der Waals surface area contributed by atoms with Gasteiger partial charge in [-0.05, 0) is 5.64 Å². The summed E-state index contributed by atoms with van der Waals surface area (Å²) < 4.78 is 0. The zero-order valence-corrected chi connectivity index (χ0v) is 3.25. The Hall–Kier alpha value is -0.870. The van der Waals surface area contributed by atoms with Crippen molar-refractivity contribution in [2.75, 3.05) is 0 Å². The molecule has 0 aromatic heterocycles. The van der Waals surface area contributed by atoms with Gasteiger partial charge in [-0.25, -0.2) is 4.89 Å². The van der Waals surface area contributed by atoms with Gasteiger partial charge in [0.15, 0.2) is 0 Å². The minimum absolute atomic E-state index is 1.18. The van der Waals surface area contributed by atoms with Gasteiger partial charge in [0.2, 0.25) is 0 Å². The summed E-state index contributed by atoms with van der Waals surface area (Å²) >= 11 is 0. The maximum absolute atomic E-state index is 7.56. The van der Waals surface area contributed by atoms with Crippen molar-refractivity contribution in [2.24, 2.45) is 5.90 Å². The van der Waals surface area contributed by atoms with Crippen LogP contribution >= 0.6 is 0 Å². The minimum atomic E-state index is 1.18. The standard InChI is InChI=1S/CH3N3O3/c2-1-5-7-4-6-3/h4H,3H2. The van der Waals surface area contributed by atoms with Gasteiger partial charge in [-0.15, -0.1) is 5.26 Å². The number of nitrogens with two attached hydrogens (primary N) is 1. The Morgan fingerprint density at radius 1 is 1.71 bits per heavy atom. The topological polar surface area (TPSA) is 89.5 Å². The first kappa shape index (κ1) is 6.13. The van der Waals surface area contributed by atoms with Gasteiger partial charge >= 0.3 is 6.26 Å². The van der Waals surface area contributed by atoms with Crippen molar-refractivity contribution >= 4 is 0 Å². The normalized spacial score (nSPS) is 7.43. The van der Waals surface area contributed by atoms with Crippen molar-refractivity contribution in [1.29, 1.82) is 5.26 Å². The number of nitrogens with zero attached hydrogens (tertiary/aromatic N) is 1. The molecule has 0 aromatic rings. The van der Waals surface area contributed by atoms with E-state index >= 15 is 0 Å². The van der Waals surface area contributed by atoms with Gasteiger partial charge < -0.3 is 0 Å². The highest BCUT2D eigenvalue weighted by molar-refractivity contribution is 4.36. The molecule has 0 aliphatic rings. The molecule has 6 nitrogen and oxygen atoms in total. The second kappa shape index (κ2) is 5.13. The van der Waals surface area contributed by atoms with Crippen LogP contribution in [0.25, 0.3) is 0 Å². The van der Waals surface area contributed by atoms with Gasteiger partial charge in [0.1, 0.15) is 0 Å². The SMILES string of the molecule is N#COONON. The molecule has 0 saturated carbocycles. The molecule has 0 atom stereocenters. The van der Waals surface area contributed by atoms with Crippen LogP contribution in [0.15, 0.2) is 0 Å². The molecule has 0 rings (SSSR count). The summed E-state index contributed by atoms with van der Waals surface area (Å²) in [6.07, 6.45) is 1.18. The molecule has 0 unspecified atom stereocenters. The van der Waals surface area contributed by atoms with Crippen LogP contribution in [0.3, 0.4) is 0 Å². The Bertz CT molecular complexity index is 67.1. The highest BCUT2D eigenvalue weighted by Crippen LogP contribution is 1.61. The van der Waals surface area contributed by atoms with Crippen molar-refractivity contribution in [1.82, 2.24) is 5.64 Å². The summed E-state index contributed by atoms with van der Waals surface area (Å²) in [5, 5.41) is 7.56. The van der Waals surface area contributed by atoms with E-state index in [1.54, 1.807) is 5.64 Å². The van der Waals surface area contributed by atoms with E-state index in [2.05, 4.69) is 20.7 Å². The van der Waals surface area contributed by atoms with Gasteiger partial charge in [-0.3, -0.25) is 0 Å². The van der Waals surface area contributed by atoms with Crippen LogP contribution in [-0.4, -0.2) is 0 Å². The molecule has 0 aliphatic heterocycles. The zero-order chi connectivity index (χ0) is 5.54. The van der Waals surface area contributed by atoms with Gasteiger partial charge in [-0.2, -0.15) is 10.8 Å². The predicted molar refractivity (Wildman–Crippen MR) is 16.2 cm³/mol. The van der Waals surface area contributed by atoms with E-state index in [1.807, 2.05) is 0 Å². The molecule has 0 amide bonds. The lowest BCUT2D eigenvalue weighted by molar-refractivity contribution is -0.366. The average Bonchev–Trinajstić information content (AvgIpc) is 1.69. The fraction of sp³-hybridized carbons (Fsp3) is 0. The van der Waals surface area contributed by atoms with Gasteiger partial charge in [0.25, 0.3) is 0 Å². The van der Waals surface area contributed by atoms with Crippen molar-refractivity contribution in [3.05, 3.63) is 0 Å². The molecule has 6 heteroatoms. The minimum Gasteiger partial charge on any atom is -0.233 e. The monoisotopic (exact) mass is 105 g/mol. The molecule has 0 bridgehead atoms.